The molecule has 2 saturated carbocycles. The molecule has 0 aliphatic heterocycles. The lowest BCUT2D eigenvalue weighted by Gasteiger charge is -2.45. The summed E-state index contributed by atoms with van der Waals surface area (Å²) in [5.41, 5.74) is -1.16. The highest BCUT2D eigenvalue weighted by Gasteiger charge is 2.66. The molecule has 2 aliphatic carbocycles. The Hall–Kier alpha value is -2.57. The van der Waals surface area contributed by atoms with Gasteiger partial charge < -0.3 is 5.32 Å². The van der Waals surface area contributed by atoms with E-state index in [1.165, 1.54) is 24.3 Å². The minimum atomic E-state index is -1.34. The maximum atomic E-state index is 12.9. The zero-order valence-electron chi connectivity index (χ0n) is 14.4. The van der Waals surface area contributed by atoms with Crippen molar-refractivity contribution >= 4 is 28.8 Å². The molecular formula is C18H20N2O5. The van der Waals surface area contributed by atoms with Crippen molar-refractivity contribution in [2.45, 2.75) is 33.6 Å². The number of nitro groups is 1. The Balaban J connectivity index is 1.88. The molecule has 1 N–H and O–H groups in total. The van der Waals surface area contributed by atoms with Gasteiger partial charge in [-0.3, -0.25) is 24.5 Å². The minimum absolute atomic E-state index is 0.174. The van der Waals surface area contributed by atoms with Crippen LogP contribution in [0.4, 0.5) is 11.4 Å². The fourth-order valence-corrected chi connectivity index (χ4v) is 4.25. The van der Waals surface area contributed by atoms with Crippen LogP contribution in [0.1, 0.15) is 33.6 Å². The van der Waals surface area contributed by atoms with Crippen LogP contribution in [0.15, 0.2) is 24.3 Å². The van der Waals surface area contributed by atoms with Gasteiger partial charge in [-0.05, 0) is 24.3 Å². The highest BCUT2D eigenvalue weighted by Crippen LogP contribution is 2.61. The summed E-state index contributed by atoms with van der Waals surface area (Å²) in [6, 6.07) is 5.43. The van der Waals surface area contributed by atoms with Crippen LogP contribution < -0.4 is 5.32 Å². The van der Waals surface area contributed by atoms with Gasteiger partial charge in [-0.15, -0.1) is 0 Å². The minimum Gasteiger partial charge on any atom is -0.325 e. The number of Topliss-reactive ketones (excluding diaryl/α,β-unsaturated/α-hetero) is 2. The number of carbonyl (C=O) groups is 3. The number of non-ortho nitro benzene ring substituents is 1. The van der Waals surface area contributed by atoms with Gasteiger partial charge in [0.25, 0.3) is 5.69 Å². The molecule has 2 fully saturated rings. The number of rotatable bonds is 3. The van der Waals surface area contributed by atoms with Crippen LogP contribution in [-0.4, -0.2) is 22.4 Å². The number of amides is 1. The quantitative estimate of drug-likeness (QED) is 0.515. The number of anilines is 1. The monoisotopic (exact) mass is 344 g/mol. The van der Waals surface area contributed by atoms with Crippen LogP contribution in [0.5, 0.6) is 0 Å². The molecular weight excluding hydrogens is 324 g/mol. The van der Waals surface area contributed by atoms with Crippen molar-refractivity contribution < 1.29 is 19.3 Å². The van der Waals surface area contributed by atoms with Crippen LogP contribution >= 0.6 is 0 Å². The van der Waals surface area contributed by atoms with E-state index in [1.54, 1.807) is 0 Å². The lowest BCUT2D eigenvalue weighted by Crippen LogP contribution is -2.56. The van der Waals surface area contributed by atoms with E-state index in [0.29, 0.717) is 12.8 Å². The average molecular weight is 344 g/mol. The van der Waals surface area contributed by atoms with Crippen LogP contribution in [0.3, 0.4) is 0 Å². The van der Waals surface area contributed by atoms with Gasteiger partial charge in [0.05, 0.1) is 4.92 Å². The van der Waals surface area contributed by atoms with Gasteiger partial charge in [0.2, 0.25) is 5.91 Å². The van der Waals surface area contributed by atoms with E-state index in [1.807, 2.05) is 20.8 Å². The van der Waals surface area contributed by atoms with Crippen molar-refractivity contribution in [1.29, 1.82) is 0 Å². The SMILES string of the molecule is CC12CCC(C(=O)C(C(=O)Nc3cccc([N+](=O)[O-])c3)C1=O)C2(C)C. The Labute approximate surface area is 144 Å². The molecule has 132 valence electrons. The summed E-state index contributed by atoms with van der Waals surface area (Å²) in [4.78, 5) is 48.6. The number of nitrogens with zero attached hydrogens (tertiary/aromatic N) is 1. The maximum Gasteiger partial charge on any atom is 0.271 e. The van der Waals surface area contributed by atoms with E-state index in [9.17, 15) is 24.5 Å². The Kier molecular flexibility index (Phi) is 3.78. The molecule has 3 rings (SSSR count). The van der Waals surface area contributed by atoms with Gasteiger partial charge in [-0.1, -0.05) is 26.8 Å². The molecule has 0 radical (unpaired) electrons. The van der Waals surface area contributed by atoms with Crippen LogP contribution in [0, 0.1) is 32.8 Å². The first-order valence-corrected chi connectivity index (χ1v) is 8.23. The molecule has 7 heteroatoms. The number of nitro benzene ring substituents is 1. The molecule has 1 amide bonds. The van der Waals surface area contributed by atoms with E-state index in [4.69, 9.17) is 0 Å². The Morgan fingerprint density at radius 3 is 2.60 bits per heavy atom. The van der Waals surface area contributed by atoms with Gasteiger partial charge in [0.15, 0.2) is 17.5 Å². The second-order valence-corrected chi connectivity index (χ2v) is 7.64. The molecule has 2 bridgehead atoms. The molecule has 0 spiro atoms. The van der Waals surface area contributed by atoms with Crippen molar-refractivity contribution in [3.63, 3.8) is 0 Å². The summed E-state index contributed by atoms with van der Waals surface area (Å²) in [6.07, 6.45) is 1.20. The predicted octanol–water partition coefficient (Wildman–Crippen LogP) is 2.74. The molecule has 3 unspecified atom stereocenters. The first-order chi connectivity index (χ1) is 11.6. The molecule has 1 aromatic rings. The third-order valence-corrected chi connectivity index (χ3v) is 6.25. The maximum absolute atomic E-state index is 12.9. The molecule has 25 heavy (non-hydrogen) atoms. The largest absolute Gasteiger partial charge is 0.325 e. The van der Waals surface area contributed by atoms with E-state index >= 15 is 0 Å². The van der Waals surface area contributed by atoms with Crippen molar-refractivity contribution in [2.24, 2.45) is 22.7 Å². The van der Waals surface area contributed by atoms with Crippen molar-refractivity contribution in [3.05, 3.63) is 34.4 Å². The van der Waals surface area contributed by atoms with Crippen molar-refractivity contribution in [3.8, 4) is 0 Å². The van der Waals surface area contributed by atoms with Crippen LogP contribution in [0.25, 0.3) is 0 Å². The third kappa shape index (κ3) is 2.37. The molecule has 7 nitrogen and oxygen atoms in total. The number of benzene rings is 1. The first kappa shape index (κ1) is 17.3. The molecule has 3 atom stereocenters. The molecule has 0 heterocycles. The van der Waals surface area contributed by atoms with E-state index in [-0.39, 0.29) is 28.9 Å². The third-order valence-electron chi connectivity index (χ3n) is 6.25. The van der Waals surface area contributed by atoms with Crippen LogP contribution in [0.2, 0.25) is 0 Å². The van der Waals surface area contributed by atoms with Gasteiger partial charge >= 0.3 is 0 Å². The number of hydrogen-bond acceptors (Lipinski definition) is 5. The van der Waals surface area contributed by atoms with Gasteiger partial charge in [-0.2, -0.15) is 0 Å². The highest BCUT2D eigenvalue weighted by molar-refractivity contribution is 6.25. The lowest BCUT2D eigenvalue weighted by molar-refractivity contribution is -0.384. The zero-order valence-corrected chi connectivity index (χ0v) is 14.4. The molecule has 0 saturated heterocycles. The molecule has 2 aliphatic rings. The Morgan fingerprint density at radius 2 is 1.96 bits per heavy atom. The second kappa shape index (κ2) is 5.47. The van der Waals surface area contributed by atoms with Crippen LogP contribution in [-0.2, 0) is 14.4 Å². The predicted molar refractivity (Wildman–Crippen MR) is 89.8 cm³/mol. The molecule has 1 aromatic carbocycles. The summed E-state index contributed by atoms with van der Waals surface area (Å²) in [5.74, 6) is -3.06. The first-order valence-electron chi connectivity index (χ1n) is 8.23. The fourth-order valence-electron chi connectivity index (χ4n) is 4.25. The van der Waals surface area contributed by atoms with E-state index in [2.05, 4.69) is 5.32 Å². The Morgan fingerprint density at radius 1 is 1.28 bits per heavy atom. The topological polar surface area (TPSA) is 106 Å². The smallest absolute Gasteiger partial charge is 0.271 e. The number of carbonyl (C=O) groups excluding carboxylic acids is 3. The fraction of sp³-hybridized carbons (Fsp3) is 0.500. The Bertz CT molecular complexity index is 800. The standard InChI is InChI=1S/C18H20N2O5/c1-17(2)12-7-8-18(17,3)15(22)13(14(12)21)16(23)19-10-5-4-6-11(9-10)20(24)25/h4-6,9,12-13H,7-8H2,1-3H3,(H,19,23). The number of ketones is 2. The van der Waals surface area contributed by atoms with Crippen molar-refractivity contribution in [2.75, 3.05) is 5.32 Å². The van der Waals surface area contributed by atoms with E-state index < -0.39 is 27.6 Å². The summed E-state index contributed by atoms with van der Waals surface area (Å²) in [6.45, 7) is 5.65. The summed E-state index contributed by atoms with van der Waals surface area (Å²) >= 11 is 0. The second-order valence-electron chi connectivity index (χ2n) is 7.64. The van der Waals surface area contributed by atoms with Gasteiger partial charge in [0, 0.05) is 29.2 Å². The number of hydrogen-bond donors (Lipinski definition) is 1. The van der Waals surface area contributed by atoms with Gasteiger partial charge in [-0.25, -0.2) is 0 Å². The molecule has 0 aromatic heterocycles. The normalized spacial score (nSPS) is 30.2. The summed E-state index contributed by atoms with van der Waals surface area (Å²) in [5, 5.41) is 13.3. The summed E-state index contributed by atoms with van der Waals surface area (Å²) < 4.78 is 0. The highest BCUT2D eigenvalue weighted by atomic mass is 16.6. The zero-order chi connectivity index (χ0) is 18.6. The van der Waals surface area contributed by atoms with Gasteiger partial charge in [0.1, 0.15) is 0 Å². The number of fused-ring (bicyclic) bond motifs is 2. The lowest BCUT2D eigenvalue weighted by atomic mass is 9.55. The average Bonchev–Trinajstić information content (AvgIpc) is 2.71. The van der Waals surface area contributed by atoms with E-state index in [0.717, 1.165) is 0 Å². The summed E-state index contributed by atoms with van der Waals surface area (Å²) in [7, 11) is 0. The number of nitrogens with one attached hydrogen (secondary N) is 1. The van der Waals surface area contributed by atoms with Crippen molar-refractivity contribution in [1.82, 2.24) is 0 Å².